The van der Waals surface area contributed by atoms with Gasteiger partial charge in [-0.2, -0.15) is 5.26 Å². The largest absolute Gasteiger partial charge is 0.331 e. The van der Waals surface area contributed by atoms with Gasteiger partial charge in [-0.1, -0.05) is 5.16 Å². The van der Waals surface area contributed by atoms with Crippen LogP contribution in [0.2, 0.25) is 0 Å². The van der Waals surface area contributed by atoms with Gasteiger partial charge >= 0.3 is 5.97 Å². The van der Waals surface area contributed by atoms with Crippen LogP contribution in [0.3, 0.4) is 0 Å². The summed E-state index contributed by atoms with van der Waals surface area (Å²) in [4.78, 5) is 14.1. The van der Waals surface area contributed by atoms with Gasteiger partial charge in [-0.15, -0.1) is 0 Å². The van der Waals surface area contributed by atoms with Gasteiger partial charge in [0, 0.05) is 6.92 Å². The van der Waals surface area contributed by atoms with Crippen molar-refractivity contribution in [1.29, 1.82) is 5.26 Å². The second-order valence-corrected chi connectivity index (χ2v) is 1.23. The molecule has 4 heteroatoms. The van der Waals surface area contributed by atoms with Gasteiger partial charge in [0.1, 0.15) is 0 Å². The molecule has 4 nitrogen and oxygen atoms in total. The molecule has 0 aliphatic heterocycles. The second-order valence-electron chi connectivity index (χ2n) is 1.23. The first kappa shape index (κ1) is 7.63. The van der Waals surface area contributed by atoms with Gasteiger partial charge in [0.15, 0.2) is 0 Å². The van der Waals surface area contributed by atoms with Crippen molar-refractivity contribution in [3.63, 3.8) is 0 Å². The molecule has 0 heterocycles. The zero-order chi connectivity index (χ0) is 7.11. The number of nitriles is 1. The number of nitrogens with zero attached hydrogens (tertiary/aromatic N) is 2. The molecule has 0 rings (SSSR count). The van der Waals surface area contributed by atoms with Crippen molar-refractivity contribution in [3.05, 3.63) is 0 Å². The third kappa shape index (κ3) is 6.63. The summed E-state index contributed by atoms with van der Waals surface area (Å²) >= 11 is 0. The van der Waals surface area contributed by atoms with Gasteiger partial charge in [0.25, 0.3) is 0 Å². The van der Waals surface area contributed by atoms with Crippen molar-refractivity contribution >= 4 is 12.2 Å². The van der Waals surface area contributed by atoms with Crippen molar-refractivity contribution in [2.45, 2.75) is 13.3 Å². The van der Waals surface area contributed by atoms with Crippen LogP contribution in [0.15, 0.2) is 5.16 Å². The van der Waals surface area contributed by atoms with Crippen molar-refractivity contribution in [1.82, 2.24) is 0 Å². The quantitative estimate of drug-likeness (QED) is 0.306. The van der Waals surface area contributed by atoms with Gasteiger partial charge in [-0.05, 0) is 0 Å². The third-order valence-corrected chi connectivity index (χ3v) is 0.438. The Bertz CT molecular complexity index is 157. The molecule has 0 radical (unpaired) electrons. The van der Waals surface area contributed by atoms with Crippen LogP contribution < -0.4 is 0 Å². The molecule has 0 atom stereocenters. The molecule has 0 unspecified atom stereocenters. The summed E-state index contributed by atoms with van der Waals surface area (Å²) in [6.45, 7) is 1.24. The van der Waals surface area contributed by atoms with E-state index in [0.717, 1.165) is 0 Å². The molecule has 0 saturated carbocycles. The maximum Gasteiger partial charge on any atom is 0.331 e. The summed E-state index contributed by atoms with van der Waals surface area (Å²) < 4.78 is 0. The molecule has 0 aromatic rings. The van der Waals surface area contributed by atoms with Crippen molar-refractivity contribution < 1.29 is 9.63 Å². The summed E-state index contributed by atoms with van der Waals surface area (Å²) in [5, 5.41) is 11.1. The maximum atomic E-state index is 9.99. The molecule has 0 aromatic carbocycles. The Balaban J connectivity index is 3.28. The first-order valence-corrected chi connectivity index (χ1v) is 2.33. The van der Waals surface area contributed by atoms with E-state index in [0.29, 0.717) is 0 Å². The standard InChI is InChI=1S/C5H6N2O2/c1-5(8)9-7-4-2-3-6/h4H,2H2,1H3. The van der Waals surface area contributed by atoms with Crippen molar-refractivity contribution in [2.75, 3.05) is 0 Å². The number of hydrogen-bond donors (Lipinski definition) is 0. The Labute approximate surface area is 52.7 Å². The molecule has 0 amide bonds. The zero-order valence-corrected chi connectivity index (χ0v) is 5.00. The van der Waals surface area contributed by atoms with E-state index in [-0.39, 0.29) is 6.42 Å². The Morgan fingerprint density at radius 1 is 2.00 bits per heavy atom. The van der Waals surface area contributed by atoms with E-state index in [2.05, 4.69) is 9.99 Å². The Hall–Kier alpha value is -1.37. The number of hydrogen-bond acceptors (Lipinski definition) is 4. The monoisotopic (exact) mass is 126 g/mol. The summed E-state index contributed by atoms with van der Waals surface area (Å²) in [6, 6.07) is 1.80. The van der Waals surface area contributed by atoms with Gasteiger partial charge in [0.05, 0.1) is 18.7 Å². The third-order valence-electron chi connectivity index (χ3n) is 0.438. The highest BCUT2D eigenvalue weighted by Crippen LogP contribution is 1.75. The summed E-state index contributed by atoms with van der Waals surface area (Å²) in [5.41, 5.74) is 0. The summed E-state index contributed by atoms with van der Waals surface area (Å²) in [5.74, 6) is -0.482. The SMILES string of the molecule is CC(=O)ON=CCC#N. The first-order valence-electron chi connectivity index (χ1n) is 2.33. The second kappa shape index (κ2) is 4.78. The average molecular weight is 126 g/mol. The molecule has 9 heavy (non-hydrogen) atoms. The van der Waals surface area contributed by atoms with Gasteiger partial charge < -0.3 is 4.84 Å². The molecule has 0 saturated heterocycles. The lowest BCUT2D eigenvalue weighted by molar-refractivity contribution is -0.140. The van der Waals surface area contributed by atoms with Gasteiger partial charge in [0.2, 0.25) is 0 Å². The first-order chi connectivity index (χ1) is 4.27. The van der Waals surface area contributed by atoms with E-state index < -0.39 is 5.97 Å². The topological polar surface area (TPSA) is 62.4 Å². The number of oxime groups is 1. The Kier molecular flexibility index (Phi) is 4.05. The Morgan fingerprint density at radius 2 is 2.67 bits per heavy atom. The molecular weight excluding hydrogens is 120 g/mol. The lowest BCUT2D eigenvalue weighted by Crippen LogP contribution is -1.90. The highest BCUT2D eigenvalue weighted by molar-refractivity contribution is 5.67. The zero-order valence-electron chi connectivity index (χ0n) is 5.00. The van der Waals surface area contributed by atoms with E-state index in [1.165, 1.54) is 13.1 Å². The highest BCUT2D eigenvalue weighted by atomic mass is 16.7. The summed E-state index contributed by atoms with van der Waals surface area (Å²) in [7, 11) is 0. The fourth-order valence-electron chi connectivity index (χ4n) is 0.190. The molecular formula is C5H6N2O2. The van der Waals surface area contributed by atoms with E-state index in [1.54, 1.807) is 6.07 Å². The maximum absolute atomic E-state index is 9.99. The normalized spacial score (nSPS) is 8.89. The van der Waals surface area contributed by atoms with E-state index in [4.69, 9.17) is 5.26 Å². The smallest absolute Gasteiger partial charge is 0.319 e. The lowest BCUT2D eigenvalue weighted by Gasteiger charge is -1.84. The number of carbonyl (C=O) groups excluding carboxylic acids is 1. The fourth-order valence-corrected chi connectivity index (χ4v) is 0.190. The number of rotatable bonds is 2. The van der Waals surface area contributed by atoms with E-state index in [9.17, 15) is 4.79 Å². The van der Waals surface area contributed by atoms with Gasteiger partial charge in [-0.3, -0.25) is 0 Å². The summed E-state index contributed by atoms with van der Waals surface area (Å²) in [6.07, 6.45) is 1.38. The van der Waals surface area contributed by atoms with Crippen molar-refractivity contribution in [2.24, 2.45) is 5.16 Å². The predicted octanol–water partition coefficient (Wildman–Crippen LogP) is 0.449. The molecule has 0 fully saturated rings. The molecule has 0 aliphatic rings. The van der Waals surface area contributed by atoms with E-state index >= 15 is 0 Å². The van der Waals surface area contributed by atoms with Crippen LogP contribution >= 0.6 is 0 Å². The Morgan fingerprint density at radius 3 is 3.11 bits per heavy atom. The molecule has 0 N–H and O–H groups in total. The van der Waals surface area contributed by atoms with Crippen LogP contribution in [0.1, 0.15) is 13.3 Å². The molecule has 0 spiro atoms. The molecule has 0 aliphatic carbocycles. The van der Waals surface area contributed by atoms with Crippen LogP contribution in [0.25, 0.3) is 0 Å². The van der Waals surface area contributed by atoms with E-state index in [1.807, 2.05) is 0 Å². The predicted molar refractivity (Wildman–Crippen MR) is 30.5 cm³/mol. The van der Waals surface area contributed by atoms with Crippen LogP contribution in [0, 0.1) is 11.3 Å². The van der Waals surface area contributed by atoms with Crippen LogP contribution in [0.4, 0.5) is 0 Å². The minimum atomic E-state index is -0.482. The molecule has 0 aromatic heterocycles. The molecule has 0 bridgehead atoms. The van der Waals surface area contributed by atoms with Crippen LogP contribution in [-0.2, 0) is 9.63 Å². The minimum absolute atomic E-state index is 0.160. The highest BCUT2D eigenvalue weighted by Gasteiger charge is 1.84. The minimum Gasteiger partial charge on any atom is -0.319 e. The van der Waals surface area contributed by atoms with Crippen LogP contribution in [0.5, 0.6) is 0 Å². The van der Waals surface area contributed by atoms with Crippen molar-refractivity contribution in [3.8, 4) is 6.07 Å². The van der Waals surface area contributed by atoms with Crippen LogP contribution in [-0.4, -0.2) is 12.2 Å². The fraction of sp³-hybridized carbons (Fsp3) is 0.400. The van der Waals surface area contributed by atoms with Gasteiger partial charge in [-0.25, -0.2) is 4.79 Å². The average Bonchev–Trinajstić information content (AvgIpc) is 1.80. The molecule has 48 valence electrons. The lowest BCUT2D eigenvalue weighted by atomic mass is 10.5. The number of carbonyl (C=O) groups is 1.